The van der Waals surface area contributed by atoms with E-state index in [-0.39, 0.29) is 29.2 Å². The maximum atomic E-state index is 11.4. The zero-order valence-corrected chi connectivity index (χ0v) is 26.6. The van der Waals surface area contributed by atoms with Gasteiger partial charge >= 0.3 is 11.9 Å². The number of anilines is 1. The van der Waals surface area contributed by atoms with Crippen LogP contribution < -0.4 is 19.1 Å². The van der Waals surface area contributed by atoms with Gasteiger partial charge in [0.1, 0.15) is 35.2 Å². The Kier molecular flexibility index (Phi) is 11.4. The van der Waals surface area contributed by atoms with E-state index in [9.17, 15) is 29.9 Å². The molecule has 0 heterocycles. The van der Waals surface area contributed by atoms with Gasteiger partial charge in [-0.3, -0.25) is 10.1 Å². The minimum Gasteiger partial charge on any atom is -0.494 e. The van der Waals surface area contributed by atoms with Crippen LogP contribution in [0, 0.1) is 10.1 Å². The van der Waals surface area contributed by atoms with Crippen LogP contribution in [0.1, 0.15) is 40.1 Å². The number of ether oxygens (including phenoxy) is 3. The van der Waals surface area contributed by atoms with Gasteiger partial charge in [0.05, 0.1) is 42.5 Å². The Labute approximate surface area is 275 Å². The Morgan fingerprint density at radius 3 is 1.94 bits per heavy atom. The van der Waals surface area contributed by atoms with Crippen LogP contribution >= 0.6 is 0 Å². The van der Waals surface area contributed by atoms with Gasteiger partial charge in [0.15, 0.2) is 0 Å². The van der Waals surface area contributed by atoms with E-state index in [2.05, 4.69) is 15.1 Å². The normalized spacial score (nSPS) is 11.3. The third-order valence-corrected chi connectivity index (χ3v) is 7.16. The molecule has 0 saturated carbocycles. The highest BCUT2D eigenvalue weighted by molar-refractivity contribution is 6.01. The molecule has 0 atom stereocenters. The lowest BCUT2D eigenvalue weighted by molar-refractivity contribution is -0.384. The summed E-state index contributed by atoms with van der Waals surface area (Å²) in [7, 11) is 3.01. The van der Waals surface area contributed by atoms with Crippen molar-refractivity contribution in [1.29, 1.82) is 0 Å². The smallest absolute Gasteiger partial charge is 0.335 e. The molecule has 4 rings (SSSR count). The lowest BCUT2D eigenvalue weighted by Crippen LogP contribution is -2.28. The first-order valence-corrected chi connectivity index (χ1v) is 14.6. The van der Waals surface area contributed by atoms with Crippen molar-refractivity contribution in [2.24, 2.45) is 15.2 Å². The lowest BCUT2D eigenvalue weighted by atomic mass is 10.1. The molecule has 2 N–H and O–H groups in total. The summed E-state index contributed by atoms with van der Waals surface area (Å²) in [5, 5.41) is 37.9. The Morgan fingerprint density at radius 1 is 0.812 bits per heavy atom. The van der Waals surface area contributed by atoms with Crippen LogP contribution in [0.4, 0.5) is 28.4 Å². The van der Waals surface area contributed by atoms with E-state index in [4.69, 9.17) is 19.2 Å². The second kappa shape index (κ2) is 15.8. The number of nitro benzene ring substituents is 1. The van der Waals surface area contributed by atoms with Crippen LogP contribution in [0.25, 0.3) is 0 Å². The summed E-state index contributed by atoms with van der Waals surface area (Å²) in [6.07, 6.45) is 0. The molecule has 48 heavy (non-hydrogen) atoms. The molecule has 0 aromatic heterocycles. The SMILES string of the molecule is CCN(CCOc1cc(C(=O)O)cc(C(=O)O)c1)c1ccc(C(C)=Nc2cc(OC)c(N=Nc3ccc([N+](=O)[O-])cc3)cc2OC)cc1. The second-order valence-corrected chi connectivity index (χ2v) is 10.2. The molecule has 14 heteroatoms. The molecule has 0 saturated heterocycles. The Balaban J connectivity index is 1.47. The van der Waals surface area contributed by atoms with Crippen molar-refractivity contribution < 1.29 is 38.9 Å². The van der Waals surface area contributed by atoms with Gasteiger partial charge in [0.2, 0.25) is 0 Å². The quantitative estimate of drug-likeness (QED) is 0.0563. The van der Waals surface area contributed by atoms with Crippen molar-refractivity contribution in [3.05, 3.63) is 106 Å². The Morgan fingerprint density at radius 2 is 1.40 bits per heavy atom. The van der Waals surface area contributed by atoms with Gasteiger partial charge in [0.25, 0.3) is 5.69 Å². The molecule has 0 aliphatic heterocycles. The van der Waals surface area contributed by atoms with Crippen molar-refractivity contribution in [1.82, 2.24) is 0 Å². The van der Waals surface area contributed by atoms with Crippen LogP contribution in [0.3, 0.4) is 0 Å². The number of hydrogen-bond donors (Lipinski definition) is 2. The van der Waals surface area contributed by atoms with Crippen molar-refractivity contribution in [3.63, 3.8) is 0 Å². The maximum absolute atomic E-state index is 11.4. The molecular weight excluding hydrogens is 622 g/mol. The van der Waals surface area contributed by atoms with Crippen LogP contribution in [0.2, 0.25) is 0 Å². The third kappa shape index (κ3) is 8.69. The van der Waals surface area contributed by atoms with Crippen LogP contribution in [-0.4, -0.2) is 66.7 Å². The highest BCUT2D eigenvalue weighted by Crippen LogP contribution is 2.40. The van der Waals surface area contributed by atoms with E-state index in [1.165, 1.54) is 50.6 Å². The Hall–Kier alpha value is -6.31. The van der Waals surface area contributed by atoms with Gasteiger partial charge in [-0.15, -0.1) is 5.11 Å². The van der Waals surface area contributed by atoms with Crippen molar-refractivity contribution in [2.45, 2.75) is 13.8 Å². The highest BCUT2D eigenvalue weighted by atomic mass is 16.6. The van der Waals surface area contributed by atoms with Crippen molar-refractivity contribution in [3.8, 4) is 17.2 Å². The number of nitrogens with zero attached hydrogens (tertiary/aromatic N) is 5. The number of non-ortho nitro benzene ring substituents is 1. The number of benzene rings is 4. The van der Waals surface area contributed by atoms with Crippen molar-refractivity contribution in [2.75, 3.05) is 38.8 Å². The molecule has 4 aromatic rings. The fourth-order valence-corrected chi connectivity index (χ4v) is 4.62. The second-order valence-electron chi connectivity index (χ2n) is 10.2. The summed E-state index contributed by atoms with van der Waals surface area (Å²) in [6, 6.07) is 20.5. The molecule has 0 bridgehead atoms. The van der Waals surface area contributed by atoms with E-state index in [0.29, 0.717) is 47.4 Å². The van der Waals surface area contributed by atoms with Crippen LogP contribution in [-0.2, 0) is 0 Å². The number of methoxy groups -OCH3 is 2. The van der Waals surface area contributed by atoms with Crippen LogP contribution in [0.5, 0.6) is 17.2 Å². The Bertz CT molecular complexity index is 1820. The summed E-state index contributed by atoms with van der Waals surface area (Å²) in [5.74, 6) is -1.48. The lowest BCUT2D eigenvalue weighted by Gasteiger charge is -2.23. The van der Waals surface area contributed by atoms with Gasteiger partial charge in [-0.25, -0.2) is 14.6 Å². The first-order chi connectivity index (χ1) is 23.0. The summed E-state index contributed by atoms with van der Waals surface area (Å²) in [6.45, 7) is 5.18. The summed E-state index contributed by atoms with van der Waals surface area (Å²) < 4.78 is 16.8. The predicted octanol–water partition coefficient (Wildman–Crippen LogP) is 7.47. The summed E-state index contributed by atoms with van der Waals surface area (Å²) >= 11 is 0. The number of aliphatic imine (C=N–C) groups is 1. The van der Waals surface area contributed by atoms with Crippen LogP contribution in [0.15, 0.2) is 94.1 Å². The van der Waals surface area contributed by atoms with Gasteiger partial charge in [0, 0.05) is 42.2 Å². The predicted molar refractivity (Wildman–Crippen MR) is 179 cm³/mol. The summed E-state index contributed by atoms with van der Waals surface area (Å²) in [5.41, 5.74) is 3.44. The van der Waals surface area contributed by atoms with Gasteiger partial charge < -0.3 is 29.3 Å². The number of carbonyl (C=O) groups is 2. The molecule has 0 spiro atoms. The number of likely N-dealkylation sites (N-methyl/N-ethyl adjacent to an activating group) is 1. The highest BCUT2D eigenvalue weighted by Gasteiger charge is 2.15. The number of carboxylic acid groups (broad SMARTS) is 2. The number of aromatic carboxylic acids is 2. The number of hydrogen-bond acceptors (Lipinski definition) is 11. The summed E-state index contributed by atoms with van der Waals surface area (Å²) in [4.78, 5) is 40.0. The minimum atomic E-state index is -1.24. The minimum absolute atomic E-state index is 0.0468. The first-order valence-electron chi connectivity index (χ1n) is 14.6. The number of rotatable bonds is 15. The monoisotopic (exact) mass is 655 g/mol. The largest absolute Gasteiger partial charge is 0.494 e. The number of carboxylic acids is 2. The molecule has 4 aromatic carbocycles. The van der Waals surface area contributed by atoms with E-state index < -0.39 is 16.9 Å². The molecule has 0 aliphatic rings. The molecule has 0 radical (unpaired) electrons. The average molecular weight is 656 g/mol. The van der Waals surface area contributed by atoms with E-state index >= 15 is 0 Å². The van der Waals surface area contributed by atoms with Gasteiger partial charge in [-0.1, -0.05) is 12.1 Å². The molecule has 14 nitrogen and oxygen atoms in total. The van der Waals surface area contributed by atoms with E-state index in [1.807, 2.05) is 38.1 Å². The topological polar surface area (TPSA) is 186 Å². The molecule has 0 unspecified atom stereocenters. The molecule has 248 valence electrons. The third-order valence-electron chi connectivity index (χ3n) is 7.16. The number of nitro groups is 1. The standard InChI is InChI=1S/C34H33N5O9/c1-5-38(14-15-48-28-17-23(33(40)41)16-24(18-28)34(42)43)26-10-6-22(7-11-26)21(2)35-29-19-32(47-4)30(20-31(29)46-3)37-36-25-8-12-27(13-9-25)39(44)45/h6-13,16-20H,5,14-15H2,1-4H3,(H,40,41)(H,42,43). The zero-order chi connectivity index (χ0) is 34.8. The molecular formula is C34H33N5O9. The molecule has 0 amide bonds. The fraction of sp³-hybridized carbons (Fsp3) is 0.206. The van der Waals surface area contributed by atoms with Crippen molar-refractivity contribution >= 4 is 46.1 Å². The zero-order valence-electron chi connectivity index (χ0n) is 26.6. The fourth-order valence-electron chi connectivity index (χ4n) is 4.62. The number of azo groups is 1. The van der Waals surface area contributed by atoms with Gasteiger partial charge in [-0.05, 0) is 61.9 Å². The van der Waals surface area contributed by atoms with Gasteiger partial charge in [-0.2, -0.15) is 5.11 Å². The average Bonchev–Trinajstić information content (AvgIpc) is 3.09. The molecule has 0 aliphatic carbocycles. The van der Waals surface area contributed by atoms with E-state index in [0.717, 1.165) is 17.3 Å². The first kappa shape index (κ1) is 34.6. The molecule has 0 fully saturated rings. The maximum Gasteiger partial charge on any atom is 0.335 e. The van der Waals surface area contributed by atoms with E-state index in [1.54, 1.807) is 12.1 Å².